The van der Waals surface area contributed by atoms with Crippen molar-refractivity contribution in [1.29, 1.82) is 0 Å². The van der Waals surface area contributed by atoms with Gasteiger partial charge in [0.2, 0.25) is 0 Å². The molecule has 3 aromatic carbocycles. The second kappa shape index (κ2) is 6.64. The fraction of sp³-hybridized carbons (Fsp3) is 0.125. The highest BCUT2D eigenvalue weighted by Crippen LogP contribution is 2.34. The summed E-state index contributed by atoms with van der Waals surface area (Å²) < 4.78 is 0. The summed E-state index contributed by atoms with van der Waals surface area (Å²) in [6.45, 7) is 0. The molecule has 0 heterocycles. The molecular weight excluding hydrogens is 318 g/mol. The maximum atomic E-state index is 13.4. The summed E-state index contributed by atoms with van der Waals surface area (Å²) in [5.41, 5.74) is 3.76. The summed E-state index contributed by atoms with van der Waals surface area (Å²) in [4.78, 5) is 15.5. The molecular formula is C24H21NO. The van der Waals surface area contributed by atoms with E-state index in [-0.39, 0.29) is 11.7 Å². The molecule has 1 aliphatic carbocycles. The average molecular weight is 339 g/mol. The lowest BCUT2D eigenvalue weighted by molar-refractivity contribution is 0.103. The van der Waals surface area contributed by atoms with Crippen molar-refractivity contribution in [2.24, 2.45) is 0 Å². The van der Waals surface area contributed by atoms with Crippen molar-refractivity contribution in [1.82, 2.24) is 4.90 Å². The second-order valence-corrected chi connectivity index (χ2v) is 6.82. The minimum atomic E-state index is 0.0810. The number of carbonyl (C=O) groups excluding carboxylic acids is 1. The summed E-state index contributed by atoms with van der Waals surface area (Å²) >= 11 is 0. The monoisotopic (exact) mass is 339 g/mol. The van der Waals surface area contributed by atoms with Crippen LogP contribution in [-0.4, -0.2) is 24.8 Å². The van der Waals surface area contributed by atoms with Gasteiger partial charge in [-0.2, -0.15) is 0 Å². The average Bonchev–Trinajstić information content (AvgIpc) is 3.17. The summed E-state index contributed by atoms with van der Waals surface area (Å²) in [5.74, 6) is 0.192. The molecule has 1 aliphatic rings. The zero-order valence-corrected chi connectivity index (χ0v) is 15.0. The number of rotatable bonds is 4. The summed E-state index contributed by atoms with van der Waals surface area (Å²) in [7, 11) is 4.07. The van der Waals surface area contributed by atoms with Crippen LogP contribution >= 0.6 is 0 Å². The van der Waals surface area contributed by atoms with Crippen LogP contribution in [0.25, 0.3) is 10.8 Å². The first kappa shape index (κ1) is 16.3. The van der Waals surface area contributed by atoms with E-state index in [1.807, 2.05) is 62.6 Å². The summed E-state index contributed by atoms with van der Waals surface area (Å²) in [6, 6.07) is 21.9. The second-order valence-electron chi connectivity index (χ2n) is 6.82. The Hall–Kier alpha value is -3.13. The first-order chi connectivity index (χ1) is 12.6. The minimum absolute atomic E-state index is 0.0810. The first-order valence-corrected chi connectivity index (χ1v) is 8.84. The van der Waals surface area contributed by atoms with Gasteiger partial charge in [0, 0.05) is 36.8 Å². The fourth-order valence-corrected chi connectivity index (χ4v) is 3.54. The number of allylic oxidation sites excluding steroid dienone is 3. The molecule has 0 aliphatic heterocycles. The Morgan fingerprint density at radius 1 is 0.885 bits per heavy atom. The highest BCUT2D eigenvalue weighted by molar-refractivity contribution is 6.17. The third-order valence-corrected chi connectivity index (χ3v) is 4.92. The Morgan fingerprint density at radius 2 is 1.62 bits per heavy atom. The lowest BCUT2D eigenvalue weighted by atomic mass is 9.87. The van der Waals surface area contributed by atoms with E-state index in [2.05, 4.69) is 41.3 Å². The van der Waals surface area contributed by atoms with Crippen molar-refractivity contribution in [3.8, 4) is 0 Å². The van der Waals surface area contributed by atoms with Crippen LogP contribution < -0.4 is 0 Å². The highest BCUT2D eigenvalue weighted by Gasteiger charge is 2.22. The maximum absolute atomic E-state index is 13.4. The van der Waals surface area contributed by atoms with Gasteiger partial charge in [-0.3, -0.25) is 4.79 Å². The van der Waals surface area contributed by atoms with Crippen LogP contribution in [0, 0.1) is 0 Å². The summed E-state index contributed by atoms with van der Waals surface area (Å²) in [6.07, 6.45) is 6.50. The van der Waals surface area contributed by atoms with Crippen LogP contribution in [0.5, 0.6) is 0 Å². The summed E-state index contributed by atoms with van der Waals surface area (Å²) in [5, 5.41) is 2.10. The van der Waals surface area contributed by atoms with Crippen molar-refractivity contribution in [3.05, 3.63) is 107 Å². The lowest BCUT2D eigenvalue weighted by Crippen LogP contribution is -2.09. The molecule has 2 nitrogen and oxygen atoms in total. The van der Waals surface area contributed by atoms with E-state index in [0.29, 0.717) is 0 Å². The van der Waals surface area contributed by atoms with Gasteiger partial charge in [-0.25, -0.2) is 0 Å². The smallest absolute Gasteiger partial charge is 0.193 e. The first-order valence-electron chi connectivity index (χ1n) is 8.84. The lowest BCUT2D eigenvalue weighted by Gasteiger charge is -2.16. The van der Waals surface area contributed by atoms with Gasteiger partial charge >= 0.3 is 0 Å². The zero-order valence-electron chi connectivity index (χ0n) is 15.0. The van der Waals surface area contributed by atoms with E-state index >= 15 is 0 Å². The van der Waals surface area contributed by atoms with Crippen LogP contribution in [0.4, 0.5) is 0 Å². The maximum Gasteiger partial charge on any atom is 0.193 e. The Balaban J connectivity index is 1.92. The fourth-order valence-electron chi connectivity index (χ4n) is 3.54. The molecule has 0 saturated heterocycles. The van der Waals surface area contributed by atoms with Gasteiger partial charge in [-0.1, -0.05) is 72.8 Å². The van der Waals surface area contributed by atoms with Gasteiger partial charge in [0.1, 0.15) is 0 Å². The molecule has 4 rings (SSSR count). The van der Waals surface area contributed by atoms with Crippen LogP contribution in [0.15, 0.2) is 90.7 Å². The van der Waals surface area contributed by atoms with E-state index in [4.69, 9.17) is 0 Å². The third kappa shape index (κ3) is 2.84. The predicted molar refractivity (Wildman–Crippen MR) is 107 cm³/mol. The molecule has 0 bridgehead atoms. The van der Waals surface area contributed by atoms with Crippen molar-refractivity contribution in [2.75, 3.05) is 14.1 Å². The van der Waals surface area contributed by atoms with E-state index < -0.39 is 0 Å². The molecule has 128 valence electrons. The SMILES string of the molecule is CN(C)C1=CC(c2ccc3ccccc3c2C(=O)c2ccccc2)C=C1. The molecule has 3 aromatic rings. The highest BCUT2D eigenvalue weighted by atomic mass is 16.1. The molecule has 2 heteroatoms. The van der Waals surface area contributed by atoms with Crippen LogP contribution in [0.3, 0.4) is 0 Å². The van der Waals surface area contributed by atoms with Gasteiger partial charge in [0.05, 0.1) is 0 Å². The molecule has 26 heavy (non-hydrogen) atoms. The van der Waals surface area contributed by atoms with Crippen molar-refractivity contribution in [3.63, 3.8) is 0 Å². The molecule has 0 radical (unpaired) electrons. The van der Waals surface area contributed by atoms with Gasteiger partial charge in [-0.15, -0.1) is 0 Å². The Kier molecular flexibility index (Phi) is 4.18. The van der Waals surface area contributed by atoms with Gasteiger partial charge in [-0.05, 0) is 28.5 Å². The van der Waals surface area contributed by atoms with E-state index in [1.165, 1.54) is 5.70 Å². The van der Waals surface area contributed by atoms with Crippen molar-refractivity contribution in [2.45, 2.75) is 5.92 Å². The van der Waals surface area contributed by atoms with Crippen molar-refractivity contribution < 1.29 is 4.79 Å². The molecule has 0 spiro atoms. The third-order valence-electron chi connectivity index (χ3n) is 4.92. The number of ketones is 1. The number of fused-ring (bicyclic) bond motifs is 1. The van der Waals surface area contributed by atoms with E-state index in [0.717, 1.165) is 27.5 Å². The molecule has 0 amide bonds. The van der Waals surface area contributed by atoms with E-state index in [9.17, 15) is 4.79 Å². The number of hydrogen-bond acceptors (Lipinski definition) is 2. The van der Waals surface area contributed by atoms with Crippen molar-refractivity contribution >= 4 is 16.6 Å². The molecule has 1 unspecified atom stereocenters. The van der Waals surface area contributed by atoms with Crippen LogP contribution in [-0.2, 0) is 0 Å². The normalized spacial score (nSPS) is 15.9. The number of carbonyl (C=O) groups is 1. The number of likely N-dealkylation sites (N-methyl/N-ethyl adjacent to an activating group) is 1. The van der Waals surface area contributed by atoms with E-state index in [1.54, 1.807) is 0 Å². The topological polar surface area (TPSA) is 20.3 Å². The quantitative estimate of drug-likeness (QED) is 0.611. The molecule has 0 fully saturated rings. The zero-order chi connectivity index (χ0) is 18.1. The van der Waals surface area contributed by atoms with Crippen LogP contribution in [0.1, 0.15) is 27.4 Å². The Bertz CT molecular complexity index is 1030. The predicted octanol–water partition coefficient (Wildman–Crippen LogP) is 5.17. The molecule has 0 aromatic heterocycles. The Morgan fingerprint density at radius 3 is 2.35 bits per heavy atom. The Labute approximate surface area is 154 Å². The molecule has 1 atom stereocenters. The number of benzene rings is 3. The number of nitrogens with zero attached hydrogens (tertiary/aromatic N) is 1. The van der Waals surface area contributed by atoms with Crippen LogP contribution in [0.2, 0.25) is 0 Å². The van der Waals surface area contributed by atoms with Gasteiger partial charge in [0.15, 0.2) is 5.78 Å². The minimum Gasteiger partial charge on any atom is -0.378 e. The van der Waals surface area contributed by atoms with Gasteiger partial charge in [0.25, 0.3) is 0 Å². The van der Waals surface area contributed by atoms with Gasteiger partial charge < -0.3 is 4.90 Å². The standard InChI is InChI=1S/C24H21NO/c1-25(2)20-14-12-19(16-20)22-15-13-17-8-6-7-11-21(17)23(22)24(26)18-9-4-3-5-10-18/h3-16,19H,1-2H3. The number of hydrogen-bond donors (Lipinski definition) is 0. The largest absolute Gasteiger partial charge is 0.378 e. The molecule has 0 N–H and O–H groups in total. The molecule has 0 saturated carbocycles.